The first-order valence-corrected chi connectivity index (χ1v) is 5.80. The smallest absolute Gasteiger partial charge is 0.303 e. The van der Waals surface area contributed by atoms with E-state index in [1.807, 2.05) is 13.0 Å². The number of aliphatic carboxylic acids is 1. The van der Waals surface area contributed by atoms with Crippen molar-refractivity contribution in [3.8, 4) is 0 Å². The van der Waals surface area contributed by atoms with Crippen LogP contribution in [0.3, 0.4) is 0 Å². The molecular weight excluding hydrogens is 218 g/mol. The zero-order valence-electron chi connectivity index (χ0n) is 10.5. The monoisotopic (exact) mass is 237 g/mol. The third kappa shape index (κ3) is 4.80. The standard InChI is InChI=1S/C12H19N3O2/c1-8(2)10-7-9(3)14-12(15-10)13-6-4-5-11(16)17/h7-8H,4-6H2,1-3H3,(H,16,17)(H,13,14,15). The number of hydrogen-bond donors (Lipinski definition) is 2. The number of carbonyl (C=O) groups is 1. The molecule has 0 radical (unpaired) electrons. The van der Waals surface area contributed by atoms with Gasteiger partial charge in [-0.3, -0.25) is 4.79 Å². The largest absolute Gasteiger partial charge is 0.481 e. The molecule has 0 unspecified atom stereocenters. The van der Waals surface area contributed by atoms with Crippen LogP contribution in [0, 0.1) is 6.92 Å². The van der Waals surface area contributed by atoms with Crippen LogP contribution in [-0.2, 0) is 4.79 Å². The average molecular weight is 237 g/mol. The highest BCUT2D eigenvalue weighted by atomic mass is 16.4. The molecule has 1 aromatic heterocycles. The Hall–Kier alpha value is -1.65. The van der Waals surface area contributed by atoms with E-state index in [0.717, 1.165) is 11.4 Å². The van der Waals surface area contributed by atoms with Crippen LogP contribution in [0.2, 0.25) is 0 Å². The number of anilines is 1. The maximum Gasteiger partial charge on any atom is 0.303 e. The maximum absolute atomic E-state index is 10.3. The van der Waals surface area contributed by atoms with Crippen LogP contribution in [0.4, 0.5) is 5.95 Å². The van der Waals surface area contributed by atoms with Crippen LogP contribution >= 0.6 is 0 Å². The Kier molecular flexibility index (Phi) is 4.87. The van der Waals surface area contributed by atoms with Gasteiger partial charge in [0.25, 0.3) is 0 Å². The molecule has 0 amide bonds. The molecule has 1 rings (SSSR count). The van der Waals surface area contributed by atoms with Crippen LogP contribution in [0.25, 0.3) is 0 Å². The predicted octanol–water partition coefficient (Wildman–Crippen LogP) is 2.19. The van der Waals surface area contributed by atoms with Crippen LogP contribution in [0.5, 0.6) is 0 Å². The highest BCUT2D eigenvalue weighted by Gasteiger charge is 2.05. The molecule has 0 spiro atoms. The molecule has 0 aliphatic heterocycles. The van der Waals surface area contributed by atoms with Crippen LogP contribution in [0.1, 0.15) is 44.0 Å². The van der Waals surface area contributed by atoms with Gasteiger partial charge in [0, 0.05) is 24.4 Å². The van der Waals surface area contributed by atoms with Crippen LogP contribution in [0.15, 0.2) is 6.07 Å². The lowest BCUT2D eigenvalue weighted by atomic mass is 10.1. The summed E-state index contributed by atoms with van der Waals surface area (Å²) in [5.41, 5.74) is 1.92. The minimum Gasteiger partial charge on any atom is -0.481 e. The molecule has 0 aliphatic carbocycles. The Balaban J connectivity index is 2.55. The van der Waals surface area contributed by atoms with Gasteiger partial charge in [0.1, 0.15) is 0 Å². The minimum absolute atomic E-state index is 0.163. The van der Waals surface area contributed by atoms with Gasteiger partial charge in [-0.2, -0.15) is 0 Å². The van der Waals surface area contributed by atoms with Gasteiger partial charge in [-0.15, -0.1) is 0 Å². The van der Waals surface area contributed by atoms with Gasteiger partial charge in [-0.25, -0.2) is 9.97 Å². The third-order valence-corrected chi connectivity index (χ3v) is 2.32. The molecule has 0 fully saturated rings. The fourth-order valence-electron chi connectivity index (χ4n) is 1.41. The van der Waals surface area contributed by atoms with Crippen LogP contribution < -0.4 is 5.32 Å². The molecular formula is C12H19N3O2. The molecule has 0 saturated carbocycles. The number of hydrogen-bond acceptors (Lipinski definition) is 4. The van der Waals surface area contributed by atoms with Gasteiger partial charge in [0.15, 0.2) is 0 Å². The summed E-state index contributed by atoms with van der Waals surface area (Å²) >= 11 is 0. The van der Waals surface area contributed by atoms with Crippen LogP contribution in [-0.4, -0.2) is 27.6 Å². The highest BCUT2D eigenvalue weighted by Crippen LogP contribution is 2.14. The first-order valence-electron chi connectivity index (χ1n) is 5.80. The van der Waals surface area contributed by atoms with Crippen molar-refractivity contribution in [1.29, 1.82) is 0 Å². The number of carboxylic acids is 1. The van der Waals surface area contributed by atoms with Gasteiger partial charge in [0.05, 0.1) is 0 Å². The molecule has 1 heterocycles. The summed E-state index contributed by atoms with van der Waals surface area (Å²) in [6.07, 6.45) is 0.736. The number of aromatic nitrogens is 2. The molecule has 1 aromatic rings. The highest BCUT2D eigenvalue weighted by molar-refractivity contribution is 5.66. The zero-order chi connectivity index (χ0) is 12.8. The number of rotatable bonds is 6. The second-order valence-electron chi connectivity index (χ2n) is 4.34. The number of carboxylic acid groups (broad SMARTS) is 1. The summed E-state index contributed by atoms with van der Waals surface area (Å²) in [6, 6.07) is 1.97. The lowest BCUT2D eigenvalue weighted by Gasteiger charge is -2.09. The predicted molar refractivity (Wildman–Crippen MR) is 66.2 cm³/mol. The van der Waals surface area contributed by atoms with E-state index in [4.69, 9.17) is 5.11 Å². The molecule has 0 aliphatic rings. The van der Waals surface area contributed by atoms with Gasteiger partial charge in [-0.1, -0.05) is 13.8 Å². The van der Waals surface area contributed by atoms with Crippen molar-refractivity contribution >= 4 is 11.9 Å². The molecule has 0 aromatic carbocycles. The normalized spacial score (nSPS) is 10.6. The molecule has 5 heteroatoms. The first kappa shape index (κ1) is 13.4. The Morgan fingerprint density at radius 3 is 2.76 bits per heavy atom. The summed E-state index contributed by atoms with van der Waals surface area (Å²) in [6.45, 7) is 6.66. The van der Waals surface area contributed by atoms with E-state index in [2.05, 4.69) is 29.1 Å². The van der Waals surface area contributed by atoms with Crippen molar-refractivity contribution in [3.05, 3.63) is 17.5 Å². The molecule has 0 atom stereocenters. The van der Waals surface area contributed by atoms with Crippen molar-refractivity contribution in [1.82, 2.24) is 9.97 Å². The number of nitrogens with one attached hydrogen (secondary N) is 1. The summed E-state index contributed by atoms with van der Waals surface area (Å²) < 4.78 is 0. The van der Waals surface area contributed by atoms with E-state index in [1.54, 1.807) is 0 Å². The number of nitrogens with zero attached hydrogens (tertiary/aromatic N) is 2. The van der Waals surface area contributed by atoms with E-state index in [-0.39, 0.29) is 6.42 Å². The summed E-state index contributed by atoms with van der Waals surface area (Å²) in [5, 5.41) is 11.6. The van der Waals surface area contributed by atoms with Gasteiger partial charge >= 0.3 is 5.97 Å². The van der Waals surface area contributed by atoms with E-state index < -0.39 is 5.97 Å². The Morgan fingerprint density at radius 2 is 2.18 bits per heavy atom. The first-order chi connectivity index (χ1) is 7.99. The second kappa shape index (κ2) is 6.18. The molecule has 94 valence electrons. The van der Waals surface area contributed by atoms with E-state index in [9.17, 15) is 4.79 Å². The van der Waals surface area contributed by atoms with Gasteiger partial charge < -0.3 is 10.4 Å². The van der Waals surface area contributed by atoms with E-state index in [0.29, 0.717) is 24.8 Å². The van der Waals surface area contributed by atoms with Crippen molar-refractivity contribution in [3.63, 3.8) is 0 Å². The average Bonchev–Trinajstić information content (AvgIpc) is 2.23. The molecule has 5 nitrogen and oxygen atoms in total. The second-order valence-corrected chi connectivity index (χ2v) is 4.34. The Bertz CT molecular complexity index is 391. The molecule has 2 N–H and O–H groups in total. The minimum atomic E-state index is -0.778. The lowest BCUT2D eigenvalue weighted by molar-refractivity contribution is -0.137. The Labute approximate surface area is 101 Å². The zero-order valence-corrected chi connectivity index (χ0v) is 10.5. The molecule has 0 saturated heterocycles. The SMILES string of the molecule is Cc1cc(C(C)C)nc(NCCCC(=O)O)n1. The van der Waals surface area contributed by atoms with Gasteiger partial charge in [-0.05, 0) is 25.3 Å². The quantitative estimate of drug-likeness (QED) is 0.742. The fourth-order valence-corrected chi connectivity index (χ4v) is 1.41. The summed E-state index contributed by atoms with van der Waals surface area (Å²) in [4.78, 5) is 19.0. The summed E-state index contributed by atoms with van der Waals surface area (Å²) in [7, 11) is 0. The van der Waals surface area contributed by atoms with Crippen molar-refractivity contribution in [2.75, 3.05) is 11.9 Å². The van der Waals surface area contributed by atoms with Gasteiger partial charge in [0.2, 0.25) is 5.95 Å². The van der Waals surface area contributed by atoms with Crippen molar-refractivity contribution in [2.24, 2.45) is 0 Å². The number of aryl methyl sites for hydroxylation is 1. The topological polar surface area (TPSA) is 75.1 Å². The fraction of sp³-hybridized carbons (Fsp3) is 0.583. The molecule has 17 heavy (non-hydrogen) atoms. The Morgan fingerprint density at radius 1 is 1.47 bits per heavy atom. The molecule has 0 bridgehead atoms. The van der Waals surface area contributed by atoms with E-state index >= 15 is 0 Å². The van der Waals surface area contributed by atoms with Crippen molar-refractivity contribution in [2.45, 2.75) is 39.5 Å². The third-order valence-electron chi connectivity index (χ3n) is 2.32. The van der Waals surface area contributed by atoms with E-state index in [1.165, 1.54) is 0 Å². The summed E-state index contributed by atoms with van der Waals surface area (Å²) in [5.74, 6) is 0.162. The lowest BCUT2D eigenvalue weighted by Crippen LogP contribution is -2.09. The van der Waals surface area contributed by atoms with Crippen molar-refractivity contribution < 1.29 is 9.90 Å². The maximum atomic E-state index is 10.3.